The van der Waals surface area contributed by atoms with E-state index in [1.165, 1.54) is 16.5 Å². The standard InChI is InChI=1S/C15H14N2/c16-14-6-2-1-4-12(14)10-11-5-3-7-15-13(11)8-9-17-15/h1-9,12,16-17H,10H2. The minimum atomic E-state index is 0.209. The molecule has 0 fully saturated rings. The van der Waals surface area contributed by atoms with Crippen LogP contribution in [0.1, 0.15) is 5.56 Å². The number of aromatic nitrogens is 1. The van der Waals surface area contributed by atoms with Crippen molar-refractivity contribution in [3.05, 3.63) is 60.3 Å². The lowest BCUT2D eigenvalue weighted by Crippen LogP contribution is -2.13. The number of benzene rings is 1. The van der Waals surface area contributed by atoms with Gasteiger partial charge in [-0.15, -0.1) is 0 Å². The van der Waals surface area contributed by atoms with E-state index in [0.717, 1.165) is 6.42 Å². The van der Waals surface area contributed by atoms with Crippen molar-refractivity contribution >= 4 is 16.6 Å². The molecule has 17 heavy (non-hydrogen) atoms. The molecule has 0 saturated carbocycles. The number of hydrogen-bond donors (Lipinski definition) is 2. The molecule has 2 N–H and O–H groups in total. The van der Waals surface area contributed by atoms with Gasteiger partial charge in [0.1, 0.15) is 0 Å². The monoisotopic (exact) mass is 222 g/mol. The Morgan fingerprint density at radius 2 is 2.12 bits per heavy atom. The van der Waals surface area contributed by atoms with Crippen LogP contribution in [-0.4, -0.2) is 10.7 Å². The van der Waals surface area contributed by atoms with Crippen molar-refractivity contribution in [3.8, 4) is 0 Å². The second kappa shape index (κ2) is 4.06. The zero-order valence-electron chi connectivity index (χ0n) is 9.48. The molecule has 1 heterocycles. The zero-order chi connectivity index (χ0) is 11.7. The van der Waals surface area contributed by atoms with Crippen molar-refractivity contribution in [2.24, 2.45) is 5.92 Å². The first-order valence-corrected chi connectivity index (χ1v) is 5.83. The molecule has 1 aromatic carbocycles. The third kappa shape index (κ3) is 1.82. The summed E-state index contributed by atoms with van der Waals surface area (Å²) in [6.45, 7) is 0. The van der Waals surface area contributed by atoms with E-state index in [0.29, 0.717) is 5.71 Å². The number of rotatable bonds is 2. The molecule has 84 valence electrons. The van der Waals surface area contributed by atoms with Crippen LogP contribution in [0.25, 0.3) is 10.9 Å². The highest BCUT2D eigenvalue weighted by atomic mass is 14.7. The van der Waals surface area contributed by atoms with Crippen molar-refractivity contribution < 1.29 is 0 Å². The molecule has 2 aromatic rings. The number of nitrogens with one attached hydrogen (secondary N) is 2. The van der Waals surface area contributed by atoms with Gasteiger partial charge in [-0.25, -0.2) is 0 Å². The van der Waals surface area contributed by atoms with Crippen molar-refractivity contribution in [3.63, 3.8) is 0 Å². The zero-order valence-corrected chi connectivity index (χ0v) is 9.48. The molecular formula is C15H14N2. The lowest BCUT2D eigenvalue weighted by atomic mass is 9.90. The Morgan fingerprint density at radius 1 is 1.18 bits per heavy atom. The summed E-state index contributed by atoms with van der Waals surface area (Å²) in [5.74, 6) is 0.209. The fourth-order valence-corrected chi connectivity index (χ4v) is 2.33. The van der Waals surface area contributed by atoms with Gasteiger partial charge in [-0.3, -0.25) is 0 Å². The second-order valence-electron chi connectivity index (χ2n) is 4.37. The van der Waals surface area contributed by atoms with Crippen LogP contribution in [0.4, 0.5) is 0 Å². The molecule has 0 aliphatic heterocycles. The minimum absolute atomic E-state index is 0.209. The maximum absolute atomic E-state index is 7.92. The smallest absolute Gasteiger partial charge is 0.0456 e. The number of allylic oxidation sites excluding steroid dienone is 4. The van der Waals surface area contributed by atoms with Gasteiger partial charge in [0.25, 0.3) is 0 Å². The molecule has 2 nitrogen and oxygen atoms in total. The predicted molar refractivity (Wildman–Crippen MR) is 71.5 cm³/mol. The van der Waals surface area contributed by atoms with E-state index in [2.05, 4.69) is 35.3 Å². The van der Waals surface area contributed by atoms with Gasteiger partial charge in [-0.1, -0.05) is 30.4 Å². The second-order valence-corrected chi connectivity index (χ2v) is 4.37. The molecule has 1 aromatic heterocycles. The van der Waals surface area contributed by atoms with Crippen molar-refractivity contribution in [1.29, 1.82) is 5.41 Å². The number of fused-ring (bicyclic) bond motifs is 1. The molecule has 3 rings (SSSR count). The average Bonchev–Trinajstić information content (AvgIpc) is 2.81. The number of hydrogen-bond acceptors (Lipinski definition) is 1. The first-order valence-electron chi connectivity index (χ1n) is 5.83. The Balaban J connectivity index is 1.95. The summed E-state index contributed by atoms with van der Waals surface area (Å²) in [5.41, 5.74) is 3.17. The molecule has 0 radical (unpaired) electrons. The molecule has 1 aliphatic carbocycles. The summed E-state index contributed by atoms with van der Waals surface area (Å²) in [6, 6.07) is 8.41. The summed E-state index contributed by atoms with van der Waals surface area (Å²) in [7, 11) is 0. The Morgan fingerprint density at radius 3 is 3.00 bits per heavy atom. The number of aromatic amines is 1. The van der Waals surface area contributed by atoms with Crippen LogP contribution in [0.5, 0.6) is 0 Å². The fraction of sp³-hybridized carbons (Fsp3) is 0.133. The molecule has 2 heteroatoms. The SMILES string of the molecule is N=C1C=CC=CC1Cc1cccc2[nH]ccc12. The van der Waals surface area contributed by atoms with Crippen LogP contribution in [0.15, 0.2) is 54.8 Å². The molecule has 1 aliphatic rings. The Labute approximate surface area is 100 Å². The van der Waals surface area contributed by atoms with Crippen LogP contribution in [0.3, 0.4) is 0 Å². The van der Waals surface area contributed by atoms with E-state index in [-0.39, 0.29) is 5.92 Å². The summed E-state index contributed by atoms with van der Waals surface area (Å²) >= 11 is 0. The highest BCUT2D eigenvalue weighted by Gasteiger charge is 2.13. The molecule has 1 unspecified atom stereocenters. The maximum Gasteiger partial charge on any atom is 0.0456 e. The molecule has 0 amide bonds. The normalized spacial score (nSPS) is 19.1. The summed E-state index contributed by atoms with van der Waals surface area (Å²) in [6.07, 6.45) is 10.8. The molecule has 1 atom stereocenters. The molecule has 0 saturated heterocycles. The average molecular weight is 222 g/mol. The van der Waals surface area contributed by atoms with Crippen molar-refractivity contribution in [1.82, 2.24) is 4.98 Å². The lowest BCUT2D eigenvalue weighted by Gasteiger charge is -2.14. The van der Waals surface area contributed by atoms with Gasteiger partial charge in [0.15, 0.2) is 0 Å². The van der Waals surface area contributed by atoms with Gasteiger partial charge in [-0.2, -0.15) is 0 Å². The number of H-pyrrole nitrogens is 1. The largest absolute Gasteiger partial charge is 0.361 e. The topological polar surface area (TPSA) is 39.6 Å². The third-order valence-electron chi connectivity index (χ3n) is 3.25. The Bertz CT molecular complexity index is 617. The van der Waals surface area contributed by atoms with E-state index >= 15 is 0 Å². The van der Waals surface area contributed by atoms with Gasteiger partial charge in [-0.05, 0) is 30.2 Å². The van der Waals surface area contributed by atoms with Crippen LogP contribution >= 0.6 is 0 Å². The van der Waals surface area contributed by atoms with E-state index in [1.54, 1.807) is 0 Å². The summed E-state index contributed by atoms with van der Waals surface area (Å²) in [4.78, 5) is 3.22. The van der Waals surface area contributed by atoms with Crippen LogP contribution in [-0.2, 0) is 6.42 Å². The van der Waals surface area contributed by atoms with Gasteiger partial charge in [0.05, 0.1) is 0 Å². The third-order valence-corrected chi connectivity index (χ3v) is 3.25. The van der Waals surface area contributed by atoms with Gasteiger partial charge in [0, 0.05) is 28.7 Å². The van der Waals surface area contributed by atoms with Crippen LogP contribution < -0.4 is 0 Å². The summed E-state index contributed by atoms with van der Waals surface area (Å²) < 4.78 is 0. The van der Waals surface area contributed by atoms with E-state index in [9.17, 15) is 0 Å². The van der Waals surface area contributed by atoms with Gasteiger partial charge in [0.2, 0.25) is 0 Å². The van der Waals surface area contributed by atoms with E-state index in [1.807, 2.05) is 24.4 Å². The molecule has 0 spiro atoms. The van der Waals surface area contributed by atoms with Gasteiger partial charge < -0.3 is 10.4 Å². The van der Waals surface area contributed by atoms with Crippen LogP contribution in [0.2, 0.25) is 0 Å². The maximum atomic E-state index is 7.92. The summed E-state index contributed by atoms with van der Waals surface area (Å²) in [5, 5.41) is 9.19. The van der Waals surface area contributed by atoms with Crippen molar-refractivity contribution in [2.45, 2.75) is 6.42 Å². The Kier molecular flexibility index (Phi) is 2.41. The first kappa shape index (κ1) is 10.1. The lowest BCUT2D eigenvalue weighted by molar-refractivity contribution is 0.849. The molecular weight excluding hydrogens is 208 g/mol. The predicted octanol–water partition coefficient (Wildman–Crippen LogP) is 3.47. The fourth-order valence-electron chi connectivity index (χ4n) is 2.33. The highest BCUT2D eigenvalue weighted by Crippen LogP contribution is 2.22. The Hall–Kier alpha value is -2.09. The van der Waals surface area contributed by atoms with Crippen molar-refractivity contribution in [2.75, 3.05) is 0 Å². The van der Waals surface area contributed by atoms with E-state index < -0.39 is 0 Å². The molecule has 0 bridgehead atoms. The minimum Gasteiger partial charge on any atom is -0.361 e. The first-order chi connectivity index (χ1) is 8.34. The quantitative estimate of drug-likeness (QED) is 0.781. The highest BCUT2D eigenvalue weighted by molar-refractivity contribution is 5.97. The van der Waals surface area contributed by atoms with Gasteiger partial charge >= 0.3 is 0 Å². The van der Waals surface area contributed by atoms with E-state index in [4.69, 9.17) is 5.41 Å². The van der Waals surface area contributed by atoms with Crippen LogP contribution in [0, 0.1) is 11.3 Å².